The molecule has 0 amide bonds. The lowest BCUT2D eigenvalue weighted by Crippen LogP contribution is -2.22. The molecule has 0 saturated carbocycles. The van der Waals surface area contributed by atoms with Crippen LogP contribution < -0.4 is 5.32 Å². The summed E-state index contributed by atoms with van der Waals surface area (Å²) in [5.41, 5.74) is -1.67. The van der Waals surface area contributed by atoms with Crippen molar-refractivity contribution in [2.24, 2.45) is 0 Å². The number of thiazole rings is 1. The number of alkyl halides is 3. The van der Waals surface area contributed by atoms with Gasteiger partial charge in [0.05, 0.1) is 0 Å². The molecule has 3 rings (SSSR count). The fourth-order valence-electron chi connectivity index (χ4n) is 1.91. The second-order valence-corrected chi connectivity index (χ2v) is 7.15. The van der Waals surface area contributed by atoms with E-state index in [0.29, 0.717) is 5.01 Å². The van der Waals surface area contributed by atoms with Crippen LogP contribution in [0, 0.1) is 6.92 Å². The van der Waals surface area contributed by atoms with Gasteiger partial charge in [-0.05, 0) is 26.0 Å². The van der Waals surface area contributed by atoms with E-state index in [1.54, 1.807) is 5.38 Å². The van der Waals surface area contributed by atoms with E-state index in [-0.39, 0.29) is 16.0 Å². The van der Waals surface area contributed by atoms with Gasteiger partial charge in [0.25, 0.3) is 0 Å². The summed E-state index contributed by atoms with van der Waals surface area (Å²) in [5, 5.41) is 23.9. The first-order valence-corrected chi connectivity index (χ1v) is 8.66. The van der Waals surface area contributed by atoms with Crippen LogP contribution in [0.3, 0.4) is 0 Å². The van der Waals surface area contributed by atoms with Crippen LogP contribution >= 0.6 is 22.7 Å². The Kier molecular flexibility index (Phi) is 4.47. The molecule has 6 nitrogen and oxygen atoms in total. The van der Waals surface area contributed by atoms with E-state index in [4.69, 9.17) is 0 Å². The lowest BCUT2D eigenvalue weighted by Gasteiger charge is -2.16. The van der Waals surface area contributed by atoms with Crippen molar-refractivity contribution in [3.05, 3.63) is 45.0 Å². The molecule has 0 aromatic carbocycles. The zero-order chi connectivity index (χ0) is 18.2. The molecule has 0 radical (unpaired) electrons. The van der Waals surface area contributed by atoms with Crippen molar-refractivity contribution >= 4 is 33.6 Å². The summed E-state index contributed by atoms with van der Waals surface area (Å²) in [6, 6.07) is 3.51. The van der Waals surface area contributed by atoms with Gasteiger partial charge in [-0.15, -0.1) is 21.5 Å². The quantitative estimate of drug-likeness (QED) is 0.710. The lowest BCUT2D eigenvalue weighted by atomic mass is 10.1. The molecule has 3 heterocycles. The molecule has 0 fully saturated rings. The Bertz CT molecular complexity index is 890. The number of aliphatic hydroxyl groups is 1. The van der Waals surface area contributed by atoms with E-state index in [1.165, 1.54) is 30.4 Å². The van der Waals surface area contributed by atoms with Crippen LogP contribution in [0.15, 0.2) is 23.6 Å². The Morgan fingerprint density at radius 1 is 1.12 bits per heavy atom. The predicted molar refractivity (Wildman–Crippen MR) is 88.0 cm³/mol. The van der Waals surface area contributed by atoms with E-state index < -0.39 is 17.5 Å². The lowest BCUT2D eigenvalue weighted by molar-refractivity contribution is -0.141. The summed E-state index contributed by atoms with van der Waals surface area (Å²) in [6.45, 7) is 3.35. The Hall–Kier alpha value is -2.11. The van der Waals surface area contributed by atoms with Gasteiger partial charge in [-0.3, -0.25) is 0 Å². The summed E-state index contributed by atoms with van der Waals surface area (Å²) in [4.78, 5) is 7.74. The summed E-state index contributed by atoms with van der Waals surface area (Å²) in [6.07, 6.45) is -4.53. The van der Waals surface area contributed by atoms with Crippen molar-refractivity contribution in [2.75, 3.05) is 5.32 Å². The minimum atomic E-state index is -4.53. The number of hydrogen-bond donors (Lipinski definition) is 2. The number of pyridine rings is 1. The fraction of sp³-hybridized carbons (Fsp3) is 0.286. The van der Waals surface area contributed by atoms with Crippen molar-refractivity contribution in [3.8, 4) is 0 Å². The minimum Gasteiger partial charge on any atom is -0.376 e. The number of aryl methyl sites for hydroxylation is 1. The number of rotatable bonds is 4. The van der Waals surface area contributed by atoms with Gasteiger partial charge in [0.1, 0.15) is 16.5 Å². The van der Waals surface area contributed by atoms with Gasteiger partial charge in [0.15, 0.2) is 10.6 Å². The molecule has 1 atom stereocenters. The van der Waals surface area contributed by atoms with E-state index in [1.807, 2.05) is 6.92 Å². The minimum absolute atomic E-state index is 0.0118. The number of nitrogens with one attached hydrogen (secondary N) is 1. The van der Waals surface area contributed by atoms with E-state index in [9.17, 15) is 18.3 Å². The van der Waals surface area contributed by atoms with Gasteiger partial charge in [-0.25, -0.2) is 9.97 Å². The third kappa shape index (κ3) is 3.78. The normalized spacial score (nSPS) is 14.3. The first-order chi connectivity index (χ1) is 11.7. The molecule has 11 heteroatoms. The highest BCUT2D eigenvalue weighted by atomic mass is 32.1. The molecular weight excluding hydrogens is 375 g/mol. The average Bonchev–Trinajstić information content (AvgIpc) is 3.16. The highest BCUT2D eigenvalue weighted by Crippen LogP contribution is 2.35. The molecule has 0 aliphatic rings. The number of halogens is 3. The molecule has 3 aromatic rings. The molecule has 1 unspecified atom stereocenters. The number of nitrogens with zero attached hydrogens (tertiary/aromatic N) is 4. The molecule has 25 heavy (non-hydrogen) atoms. The zero-order valence-corrected chi connectivity index (χ0v) is 14.6. The van der Waals surface area contributed by atoms with Crippen molar-refractivity contribution in [1.82, 2.24) is 20.2 Å². The van der Waals surface area contributed by atoms with Crippen molar-refractivity contribution < 1.29 is 18.3 Å². The number of hydrogen-bond acceptors (Lipinski definition) is 8. The number of anilines is 2. The standard InChI is InChI=1S/C14H12F3N5OS2/c1-7-6-24-10(18-7)13(2,23)11-21-22-12(25-11)20-9-5-3-4-8(19-9)14(15,16)17/h3-6,23H,1-2H3,(H,19,20,22). The Morgan fingerprint density at radius 3 is 2.52 bits per heavy atom. The van der Waals surface area contributed by atoms with E-state index in [0.717, 1.165) is 23.1 Å². The number of aromatic nitrogens is 4. The van der Waals surface area contributed by atoms with Crippen molar-refractivity contribution in [1.29, 1.82) is 0 Å². The van der Waals surface area contributed by atoms with Gasteiger partial charge in [-0.1, -0.05) is 17.4 Å². The average molecular weight is 387 g/mol. The van der Waals surface area contributed by atoms with Crippen LogP contribution in [-0.4, -0.2) is 25.3 Å². The maximum atomic E-state index is 12.7. The molecular formula is C14H12F3N5OS2. The topological polar surface area (TPSA) is 83.8 Å². The van der Waals surface area contributed by atoms with Crippen molar-refractivity contribution in [2.45, 2.75) is 25.6 Å². The Balaban J connectivity index is 1.83. The summed E-state index contributed by atoms with van der Waals surface area (Å²) in [5.74, 6) is -0.0118. The van der Waals surface area contributed by atoms with E-state index >= 15 is 0 Å². The van der Waals surface area contributed by atoms with Gasteiger partial charge in [-0.2, -0.15) is 13.2 Å². The predicted octanol–water partition coefficient (Wildman–Crippen LogP) is 3.72. The monoisotopic (exact) mass is 387 g/mol. The SMILES string of the molecule is Cc1csc(C(C)(O)c2nnc(Nc3cccc(C(F)(F)F)n3)s2)n1. The van der Waals surface area contributed by atoms with Crippen LogP contribution in [-0.2, 0) is 11.8 Å². The van der Waals surface area contributed by atoms with Crippen LogP contribution in [0.4, 0.5) is 24.1 Å². The Morgan fingerprint density at radius 2 is 1.88 bits per heavy atom. The van der Waals surface area contributed by atoms with Crippen LogP contribution in [0.25, 0.3) is 0 Å². The van der Waals surface area contributed by atoms with Crippen molar-refractivity contribution in [3.63, 3.8) is 0 Å². The fourth-order valence-corrected chi connectivity index (χ4v) is 3.63. The summed E-state index contributed by atoms with van der Waals surface area (Å²) in [7, 11) is 0. The molecule has 0 saturated heterocycles. The molecule has 2 N–H and O–H groups in total. The molecule has 0 bridgehead atoms. The Labute approximate surface area is 148 Å². The highest BCUT2D eigenvalue weighted by Gasteiger charge is 2.34. The second-order valence-electron chi connectivity index (χ2n) is 5.31. The van der Waals surface area contributed by atoms with Gasteiger partial charge < -0.3 is 10.4 Å². The van der Waals surface area contributed by atoms with Crippen LogP contribution in [0.1, 0.15) is 28.3 Å². The third-order valence-electron chi connectivity index (χ3n) is 3.15. The second kappa shape index (κ2) is 6.32. The van der Waals surface area contributed by atoms with Gasteiger partial charge >= 0.3 is 6.18 Å². The summed E-state index contributed by atoms with van der Waals surface area (Å²) < 4.78 is 38.1. The van der Waals surface area contributed by atoms with Crippen LogP contribution in [0.2, 0.25) is 0 Å². The van der Waals surface area contributed by atoms with E-state index in [2.05, 4.69) is 25.5 Å². The van der Waals surface area contributed by atoms with Gasteiger partial charge in [0, 0.05) is 11.1 Å². The molecule has 3 aromatic heterocycles. The largest absolute Gasteiger partial charge is 0.433 e. The maximum absolute atomic E-state index is 12.7. The zero-order valence-electron chi connectivity index (χ0n) is 13.0. The molecule has 0 aliphatic heterocycles. The molecule has 132 valence electrons. The molecule has 0 aliphatic carbocycles. The molecule has 0 spiro atoms. The van der Waals surface area contributed by atoms with Gasteiger partial charge in [0.2, 0.25) is 5.13 Å². The first kappa shape index (κ1) is 17.7. The first-order valence-electron chi connectivity index (χ1n) is 6.96. The van der Waals surface area contributed by atoms with Crippen LogP contribution in [0.5, 0.6) is 0 Å². The third-order valence-corrected chi connectivity index (χ3v) is 5.37. The summed E-state index contributed by atoms with van der Waals surface area (Å²) >= 11 is 2.30. The maximum Gasteiger partial charge on any atom is 0.433 e. The smallest absolute Gasteiger partial charge is 0.376 e. The highest BCUT2D eigenvalue weighted by molar-refractivity contribution is 7.15.